The fourth-order valence-electron chi connectivity index (χ4n) is 4.32. The van der Waals surface area contributed by atoms with E-state index < -0.39 is 41.5 Å². The van der Waals surface area contributed by atoms with Gasteiger partial charge in [-0.2, -0.15) is 13.2 Å². The fraction of sp³-hybridized carbons (Fsp3) is 0.375. The molecule has 0 saturated heterocycles. The average molecular weight is 481 g/mol. The highest BCUT2D eigenvalue weighted by molar-refractivity contribution is 6.03. The molecule has 1 amide bonds. The smallest absolute Gasteiger partial charge is 0.364 e. The maximum absolute atomic E-state index is 12.7. The van der Waals surface area contributed by atoms with Crippen molar-refractivity contribution in [2.45, 2.75) is 51.1 Å². The van der Waals surface area contributed by atoms with E-state index in [1.165, 1.54) is 31.3 Å². The lowest BCUT2D eigenvalue weighted by atomic mass is 9.78. The summed E-state index contributed by atoms with van der Waals surface area (Å²) in [6, 6.07) is 7.02. The van der Waals surface area contributed by atoms with Crippen LogP contribution in [0, 0.1) is 24.5 Å². The number of pyridine rings is 2. The Morgan fingerprint density at radius 3 is 2.56 bits per heavy atom. The van der Waals surface area contributed by atoms with Crippen LogP contribution in [0.4, 0.5) is 22.0 Å². The van der Waals surface area contributed by atoms with Gasteiger partial charge in [0, 0.05) is 24.4 Å². The van der Waals surface area contributed by atoms with Crippen LogP contribution < -0.4 is 11.2 Å². The number of benzene rings is 1. The van der Waals surface area contributed by atoms with Crippen LogP contribution >= 0.6 is 0 Å². The van der Waals surface area contributed by atoms with Gasteiger partial charge in [0.15, 0.2) is 17.1 Å². The highest BCUT2D eigenvalue weighted by atomic mass is 19.4. The number of nitrogens with two attached hydrogens (primary N) is 1. The monoisotopic (exact) mass is 481 g/mol. The Balaban J connectivity index is 0.000000302. The van der Waals surface area contributed by atoms with Crippen molar-refractivity contribution >= 4 is 16.8 Å². The van der Waals surface area contributed by atoms with Gasteiger partial charge in [-0.3, -0.25) is 14.6 Å². The van der Waals surface area contributed by atoms with Gasteiger partial charge >= 0.3 is 6.18 Å². The first-order chi connectivity index (χ1) is 16.0. The number of alkyl halides is 3. The molecule has 2 heterocycles. The van der Waals surface area contributed by atoms with Crippen molar-refractivity contribution < 1.29 is 26.7 Å². The molecule has 1 saturated carbocycles. The van der Waals surface area contributed by atoms with E-state index in [1.807, 2.05) is 0 Å². The molecule has 2 aromatic heterocycles. The zero-order valence-corrected chi connectivity index (χ0v) is 18.4. The van der Waals surface area contributed by atoms with Gasteiger partial charge in [-0.25, -0.2) is 8.78 Å². The molecule has 10 heteroatoms. The number of H-pyrrole nitrogens is 1. The lowest BCUT2D eigenvalue weighted by molar-refractivity contribution is -0.146. The minimum Gasteiger partial charge on any atom is -0.364 e. The number of primary amides is 1. The summed E-state index contributed by atoms with van der Waals surface area (Å²) in [5.74, 6) is -2.90. The van der Waals surface area contributed by atoms with E-state index in [0.717, 1.165) is 12.5 Å². The van der Waals surface area contributed by atoms with E-state index in [4.69, 9.17) is 5.73 Å². The largest absolute Gasteiger partial charge is 0.389 e. The van der Waals surface area contributed by atoms with Crippen LogP contribution in [-0.2, 0) is 0 Å². The number of hydrogen-bond donors (Lipinski definition) is 2. The number of nitrogens with one attached hydrogen (secondary N) is 1. The Kier molecular flexibility index (Phi) is 7.68. The van der Waals surface area contributed by atoms with Crippen LogP contribution in [0.2, 0.25) is 0 Å². The van der Waals surface area contributed by atoms with Gasteiger partial charge < -0.3 is 10.7 Å². The minimum atomic E-state index is -4.18. The lowest BCUT2D eigenvalue weighted by Crippen LogP contribution is -2.23. The standard InChI is InChI=1S/C17H18F3N3O2.C7H6F2/c18-17(19,20)8-9-2-1-3-10(6-9)12-7-13(24)14-11(23-12)4-5-22-15(14)16(21)25;1-5-3-2-4-6(8)7(5)9/h4-5,7,9-10H,1-3,6,8H2,(H2,21,25)(H,23,24);2-4H,1H3. The second-order valence-corrected chi connectivity index (χ2v) is 8.45. The SMILES string of the molecule is Cc1cccc(F)c1F.NC(=O)c1nccc2[nH]c(C3CCCC(CC(F)(F)F)C3)cc(=O)c12. The molecule has 1 aromatic carbocycles. The number of carbonyl (C=O) groups is 1. The first-order valence-corrected chi connectivity index (χ1v) is 10.8. The summed E-state index contributed by atoms with van der Waals surface area (Å²) in [5, 5.41) is 0.112. The molecule has 0 aliphatic heterocycles. The zero-order chi connectivity index (χ0) is 25.0. The molecule has 0 radical (unpaired) electrons. The summed E-state index contributed by atoms with van der Waals surface area (Å²) in [4.78, 5) is 30.8. The summed E-state index contributed by atoms with van der Waals surface area (Å²) in [7, 11) is 0. The molecule has 182 valence electrons. The van der Waals surface area contributed by atoms with Crippen molar-refractivity contribution in [2.75, 3.05) is 0 Å². The summed E-state index contributed by atoms with van der Waals surface area (Å²) >= 11 is 0. The molecule has 4 rings (SSSR count). The number of fused-ring (bicyclic) bond motifs is 1. The number of aromatic amines is 1. The molecule has 1 aliphatic carbocycles. The van der Waals surface area contributed by atoms with Crippen LogP contribution in [0.5, 0.6) is 0 Å². The number of nitrogens with zero attached hydrogens (tertiary/aromatic N) is 1. The third-order valence-corrected chi connectivity index (χ3v) is 5.88. The van der Waals surface area contributed by atoms with Crippen LogP contribution in [0.1, 0.15) is 59.8 Å². The third kappa shape index (κ3) is 6.18. The molecule has 34 heavy (non-hydrogen) atoms. The predicted molar refractivity (Wildman–Crippen MR) is 117 cm³/mol. The summed E-state index contributed by atoms with van der Waals surface area (Å²) in [5.41, 5.74) is 6.10. The second kappa shape index (κ2) is 10.3. The fourth-order valence-corrected chi connectivity index (χ4v) is 4.32. The van der Waals surface area contributed by atoms with Gasteiger partial charge in [-0.05, 0) is 49.3 Å². The van der Waals surface area contributed by atoms with Crippen molar-refractivity contribution in [3.8, 4) is 0 Å². The maximum atomic E-state index is 12.7. The first kappa shape index (κ1) is 25.3. The molecule has 3 aromatic rings. The molecule has 1 fully saturated rings. The highest BCUT2D eigenvalue weighted by Gasteiger charge is 2.35. The number of halogens is 5. The number of carbonyl (C=O) groups excluding carboxylic acids is 1. The Morgan fingerprint density at radius 1 is 1.21 bits per heavy atom. The first-order valence-electron chi connectivity index (χ1n) is 10.8. The zero-order valence-electron chi connectivity index (χ0n) is 18.4. The lowest BCUT2D eigenvalue weighted by Gasteiger charge is -2.29. The number of hydrogen-bond acceptors (Lipinski definition) is 3. The Labute approximate surface area is 192 Å². The number of rotatable bonds is 3. The predicted octanol–water partition coefficient (Wildman–Crippen LogP) is 5.52. The molecular weight excluding hydrogens is 457 g/mol. The molecule has 2 atom stereocenters. The van der Waals surface area contributed by atoms with E-state index in [-0.39, 0.29) is 17.0 Å². The number of amides is 1. The molecular formula is C24H24F5N3O2. The van der Waals surface area contributed by atoms with Crippen LogP contribution in [0.15, 0.2) is 41.3 Å². The Hall–Kier alpha value is -3.30. The minimum absolute atomic E-state index is 0.108. The highest BCUT2D eigenvalue weighted by Crippen LogP contribution is 2.40. The topological polar surface area (TPSA) is 88.8 Å². The number of aromatic nitrogens is 2. The molecule has 5 nitrogen and oxygen atoms in total. The van der Waals surface area contributed by atoms with Crippen molar-refractivity contribution in [2.24, 2.45) is 11.7 Å². The second-order valence-electron chi connectivity index (χ2n) is 8.45. The van der Waals surface area contributed by atoms with E-state index >= 15 is 0 Å². The van der Waals surface area contributed by atoms with E-state index in [1.54, 1.807) is 6.07 Å². The van der Waals surface area contributed by atoms with Crippen molar-refractivity contribution in [3.63, 3.8) is 0 Å². The molecule has 0 spiro atoms. The van der Waals surface area contributed by atoms with E-state index in [2.05, 4.69) is 9.97 Å². The van der Waals surface area contributed by atoms with Crippen LogP contribution in [0.25, 0.3) is 10.9 Å². The van der Waals surface area contributed by atoms with Gasteiger partial charge in [-0.15, -0.1) is 0 Å². The normalized spacial score (nSPS) is 18.3. The molecule has 1 aliphatic rings. The average Bonchev–Trinajstić information content (AvgIpc) is 2.76. The summed E-state index contributed by atoms with van der Waals surface area (Å²) in [6.07, 6.45) is -1.26. The summed E-state index contributed by atoms with van der Waals surface area (Å²) < 4.78 is 62.5. The van der Waals surface area contributed by atoms with Gasteiger partial charge in [0.25, 0.3) is 5.91 Å². The third-order valence-electron chi connectivity index (χ3n) is 5.88. The maximum Gasteiger partial charge on any atom is 0.389 e. The summed E-state index contributed by atoms with van der Waals surface area (Å²) in [6.45, 7) is 1.53. The van der Waals surface area contributed by atoms with Gasteiger partial charge in [0.1, 0.15) is 5.69 Å². The van der Waals surface area contributed by atoms with Gasteiger partial charge in [0.2, 0.25) is 0 Å². The van der Waals surface area contributed by atoms with E-state index in [9.17, 15) is 31.5 Å². The van der Waals surface area contributed by atoms with Crippen molar-refractivity contribution in [1.82, 2.24) is 9.97 Å². The van der Waals surface area contributed by atoms with Crippen LogP contribution in [0.3, 0.4) is 0 Å². The number of aryl methyl sites for hydroxylation is 1. The molecule has 2 unspecified atom stereocenters. The Bertz CT molecular complexity index is 1220. The van der Waals surface area contributed by atoms with Crippen molar-refractivity contribution in [3.05, 3.63) is 75.3 Å². The van der Waals surface area contributed by atoms with E-state index in [0.29, 0.717) is 36.0 Å². The van der Waals surface area contributed by atoms with Gasteiger partial charge in [0.05, 0.1) is 10.9 Å². The quantitative estimate of drug-likeness (QED) is 0.483. The van der Waals surface area contributed by atoms with Crippen LogP contribution in [-0.4, -0.2) is 22.1 Å². The van der Waals surface area contributed by atoms with Gasteiger partial charge in [-0.1, -0.05) is 25.0 Å². The Morgan fingerprint density at radius 2 is 1.94 bits per heavy atom. The molecule has 0 bridgehead atoms. The van der Waals surface area contributed by atoms with Crippen molar-refractivity contribution in [1.29, 1.82) is 0 Å². The molecule has 3 N–H and O–H groups in total.